The maximum absolute atomic E-state index is 12.1. The maximum atomic E-state index is 12.1. The lowest BCUT2D eigenvalue weighted by Gasteiger charge is -2.41. The summed E-state index contributed by atoms with van der Waals surface area (Å²) >= 11 is 12.5. The number of halogens is 1. The molecule has 2 atom stereocenters. The summed E-state index contributed by atoms with van der Waals surface area (Å²) < 4.78 is 4.92. The normalized spacial score (nSPS) is 19.8. The van der Waals surface area contributed by atoms with Gasteiger partial charge in [-0.15, -0.1) is 0 Å². The van der Waals surface area contributed by atoms with Crippen LogP contribution in [0.25, 0.3) is 5.57 Å². The molecule has 0 bridgehead atoms. The Hall–Kier alpha value is -3.46. The third-order valence-electron chi connectivity index (χ3n) is 7.46. The first-order valence-corrected chi connectivity index (χ1v) is 13.6. The van der Waals surface area contributed by atoms with Gasteiger partial charge in [-0.05, 0) is 86.6 Å². The van der Waals surface area contributed by atoms with Crippen LogP contribution in [0.15, 0.2) is 66.9 Å². The molecule has 3 heterocycles. The average molecular weight is 562 g/mol. The van der Waals surface area contributed by atoms with E-state index in [4.69, 9.17) is 28.6 Å². The number of pyridine rings is 1. The third kappa shape index (κ3) is 5.12. The number of hydrogen-bond acceptors (Lipinski definition) is 5. The van der Waals surface area contributed by atoms with Crippen LogP contribution in [0.4, 0.5) is 17.1 Å². The number of rotatable bonds is 6. The van der Waals surface area contributed by atoms with Gasteiger partial charge in [0.15, 0.2) is 5.11 Å². The molecule has 202 valence electrons. The van der Waals surface area contributed by atoms with Crippen LogP contribution in [0, 0.1) is 0 Å². The Labute approximate surface area is 239 Å². The average Bonchev–Trinajstić information content (AvgIpc) is 3.25. The first kappa shape index (κ1) is 27.1. The second-order valence-electron chi connectivity index (χ2n) is 10.5. The number of thiocarbonyl (C=S) groups is 1. The van der Waals surface area contributed by atoms with Crippen molar-refractivity contribution >= 4 is 57.5 Å². The lowest BCUT2D eigenvalue weighted by Crippen LogP contribution is -2.42. The Kier molecular flexibility index (Phi) is 7.37. The highest BCUT2D eigenvalue weighted by Gasteiger charge is 2.41. The van der Waals surface area contributed by atoms with Crippen molar-refractivity contribution in [3.63, 3.8) is 0 Å². The Bertz CT molecular complexity index is 1460. The second-order valence-corrected chi connectivity index (χ2v) is 11.3. The van der Waals surface area contributed by atoms with Gasteiger partial charge in [-0.2, -0.15) is 0 Å². The molecule has 2 aliphatic heterocycles. The summed E-state index contributed by atoms with van der Waals surface area (Å²) in [6.45, 7) is 6.55. The van der Waals surface area contributed by atoms with Crippen molar-refractivity contribution in [3.05, 3.63) is 88.7 Å². The molecular formula is C30H32ClN5O2S. The zero-order valence-electron chi connectivity index (χ0n) is 22.7. The molecule has 1 amide bonds. The highest BCUT2D eigenvalue weighted by atomic mass is 35.5. The molecule has 0 radical (unpaired) electrons. The van der Waals surface area contributed by atoms with E-state index in [0.717, 1.165) is 16.9 Å². The number of fused-ring (bicyclic) bond motifs is 1. The van der Waals surface area contributed by atoms with Crippen LogP contribution >= 0.6 is 23.8 Å². The Morgan fingerprint density at radius 1 is 1.21 bits per heavy atom. The predicted molar refractivity (Wildman–Crippen MR) is 162 cm³/mol. The van der Waals surface area contributed by atoms with Crippen molar-refractivity contribution in [2.24, 2.45) is 0 Å². The topological polar surface area (TPSA) is 69.7 Å². The number of ether oxygens (including phenoxy) is 1. The highest BCUT2D eigenvalue weighted by molar-refractivity contribution is 7.80. The molecule has 0 saturated carbocycles. The summed E-state index contributed by atoms with van der Waals surface area (Å²) in [5.41, 5.74) is 6.88. The number of amides is 1. The van der Waals surface area contributed by atoms with E-state index in [9.17, 15) is 4.79 Å². The van der Waals surface area contributed by atoms with Gasteiger partial charge in [0.05, 0.1) is 34.0 Å². The predicted octanol–water partition coefficient (Wildman–Crippen LogP) is 6.13. The Morgan fingerprint density at radius 2 is 2.00 bits per heavy atom. The number of aromatic nitrogens is 1. The molecule has 1 saturated heterocycles. The minimum Gasteiger partial charge on any atom is -0.375 e. The van der Waals surface area contributed by atoms with Crippen LogP contribution in [0.5, 0.6) is 0 Å². The molecule has 7 nitrogen and oxygen atoms in total. The van der Waals surface area contributed by atoms with E-state index in [2.05, 4.69) is 77.5 Å². The molecule has 9 heteroatoms. The molecule has 39 heavy (non-hydrogen) atoms. The number of hydrogen-bond donors (Lipinski definition) is 2. The fourth-order valence-electron chi connectivity index (χ4n) is 5.41. The number of nitrogens with one attached hydrogen (secondary N) is 2. The van der Waals surface area contributed by atoms with Crippen LogP contribution in [-0.4, -0.2) is 42.3 Å². The van der Waals surface area contributed by atoms with Gasteiger partial charge in [0.25, 0.3) is 0 Å². The fraction of sp³-hybridized carbons (Fsp3) is 0.300. The van der Waals surface area contributed by atoms with Gasteiger partial charge in [0.1, 0.15) is 6.61 Å². The summed E-state index contributed by atoms with van der Waals surface area (Å²) in [5.74, 6) is -0.274. The van der Waals surface area contributed by atoms with Gasteiger partial charge in [0.2, 0.25) is 5.91 Å². The van der Waals surface area contributed by atoms with Crippen molar-refractivity contribution in [1.29, 1.82) is 0 Å². The van der Waals surface area contributed by atoms with Crippen LogP contribution < -0.4 is 20.4 Å². The first-order chi connectivity index (χ1) is 18.6. The van der Waals surface area contributed by atoms with E-state index in [0.29, 0.717) is 15.8 Å². The lowest BCUT2D eigenvalue weighted by atomic mass is 9.86. The largest absolute Gasteiger partial charge is 0.375 e. The summed E-state index contributed by atoms with van der Waals surface area (Å²) in [6.07, 6.45) is 4.10. The molecule has 0 aliphatic carbocycles. The highest BCUT2D eigenvalue weighted by Crippen LogP contribution is 2.45. The van der Waals surface area contributed by atoms with E-state index >= 15 is 0 Å². The van der Waals surface area contributed by atoms with Crippen molar-refractivity contribution in [1.82, 2.24) is 10.3 Å². The van der Waals surface area contributed by atoms with E-state index in [1.807, 2.05) is 30.3 Å². The van der Waals surface area contributed by atoms with Crippen LogP contribution in [0.2, 0.25) is 5.02 Å². The number of likely N-dealkylation sites (N-methyl/N-ethyl adjacent to an activating group) is 1. The SMILES string of the molecule is COCC(=O)Nc1ccc(N2C(=S)N[C@@H](c3ccccn3)[C@@H]2c2ccc3c(c2)C(C)=CC(C)(C)N3C)cc1Cl. The van der Waals surface area contributed by atoms with Gasteiger partial charge in [-0.3, -0.25) is 9.78 Å². The van der Waals surface area contributed by atoms with Gasteiger partial charge in [-0.25, -0.2) is 0 Å². The molecule has 2 aliphatic rings. The summed E-state index contributed by atoms with van der Waals surface area (Å²) in [7, 11) is 3.60. The number of carbonyl (C=O) groups excluding carboxylic acids is 1. The molecule has 1 fully saturated rings. The van der Waals surface area contributed by atoms with Crippen molar-refractivity contribution in [2.45, 2.75) is 38.4 Å². The first-order valence-electron chi connectivity index (χ1n) is 12.8. The smallest absolute Gasteiger partial charge is 0.250 e. The van der Waals surface area contributed by atoms with E-state index < -0.39 is 0 Å². The molecule has 0 spiro atoms. The minimum atomic E-state index is -0.274. The number of anilines is 3. The van der Waals surface area contributed by atoms with E-state index in [1.165, 1.54) is 23.9 Å². The third-order valence-corrected chi connectivity index (χ3v) is 8.09. The molecular weight excluding hydrogens is 530 g/mol. The molecule has 2 aromatic carbocycles. The number of allylic oxidation sites excluding steroid dienone is 1. The number of nitrogens with zero attached hydrogens (tertiary/aromatic N) is 3. The van der Waals surface area contributed by atoms with E-state index in [1.54, 1.807) is 12.3 Å². The summed E-state index contributed by atoms with van der Waals surface area (Å²) in [4.78, 5) is 21.1. The van der Waals surface area contributed by atoms with Gasteiger partial charge in [-0.1, -0.05) is 29.8 Å². The van der Waals surface area contributed by atoms with Crippen LogP contribution in [0.1, 0.15) is 49.7 Å². The molecule has 1 aromatic heterocycles. The Balaban J connectivity index is 1.59. The standard InChI is InChI=1S/C30H32ClN5O2S/c1-18-16-30(2,3)35(4)25-12-9-19(14-21(18)25)28-27(24-8-6-7-13-32-24)34-29(39)36(28)20-10-11-23(22(31)15-20)33-26(37)17-38-5/h6-16,27-28H,17H2,1-5H3,(H,33,37)(H,34,39)/t27-,28-/m0/s1. The van der Waals surface area contributed by atoms with Crippen LogP contribution in [0.3, 0.4) is 0 Å². The van der Waals surface area contributed by atoms with E-state index in [-0.39, 0.29) is 30.1 Å². The van der Waals surface area contributed by atoms with Gasteiger partial charge < -0.3 is 25.2 Å². The van der Waals surface area contributed by atoms with Crippen molar-refractivity contribution in [2.75, 3.05) is 35.9 Å². The zero-order chi connectivity index (χ0) is 27.9. The second kappa shape index (κ2) is 10.6. The zero-order valence-corrected chi connectivity index (χ0v) is 24.2. The van der Waals surface area contributed by atoms with Crippen molar-refractivity contribution in [3.8, 4) is 0 Å². The molecule has 3 aromatic rings. The number of carbonyl (C=O) groups is 1. The fourth-order valence-corrected chi connectivity index (χ4v) is 5.97. The minimum absolute atomic E-state index is 0.0510. The number of benzene rings is 2. The maximum Gasteiger partial charge on any atom is 0.250 e. The molecule has 0 unspecified atom stereocenters. The summed E-state index contributed by atoms with van der Waals surface area (Å²) in [6, 6.07) is 17.7. The molecule has 2 N–H and O–H groups in total. The quantitative estimate of drug-likeness (QED) is 0.351. The lowest BCUT2D eigenvalue weighted by molar-refractivity contribution is -0.119. The number of methoxy groups -OCH3 is 1. The monoisotopic (exact) mass is 561 g/mol. The van der Waals surface area contributed by atoms with Crippen molar-refractivity contribution < 1.29 is 9.53 Å². The Morgan fingerprint density at radius 3 is 2.69 bits per heavy atom. The van der Waals surface area contributed by atoms with Crippen LogP contribution in [-0.2, 0) is 9.53 Å². The molecule has 5 rings (SSSR count). The van der Waals surface area contributed by atoms with Gasteiger partial charge in [0, 0.05) is 37.3 Å². The van der Waals surface area contributed by atoms with Gasteiger partial charge >= 0.3 is 0 Å². The summed E-state index contributed by atoms with van der Waals surface area (Å²) in [5, 5.41) is 7.27.